The Balaban J connectivity index is 2.71. The third kappa shape index (κ3) is 1.92. The van der Waals surface area contributed by atoms with Crippen LogP contribution in [0.25, 0.3) is 0 Å². The van der Waals surface area contributed by atoms with Gasteiger partial charge in [0.25, 0.3) is 0 Å². The van der Waals surface area contributed by atoms with Crippen LogP contribution in [0, 0.1) is 0 Å². The van der Waals surface area contributed by atoms with E-state index >= 15 is 0 Å². The van der Waals surface area contributed by atoms with E-state index in [4.69, 9.17) is 14.9 Å². The number of cyclic esters (lactones) is 1. The van der Waals surface area contributed by atoms with E-state index < -0.39 is 11.6 Å². The molecule has 76 valence electrons. The summed E-state index contributed by atoms with van der Waals surface area (Å²) in [6, 6.07) is 0. The summed E-state index contributed by atoms with van der Waals surface area (Å²) in [6.45, 7) is 2.04. The number of aliphatic hydroxyl groups excluding tert-OH is 2. The summed E-state index contributed by atoms with van der Waals surface area (Å²) >= 11 is 0. The third-order valence-corrected chi connectivity index (χ3v) is 2.30. The molecule has 0 bridgehead atoms. The quantitative estimate of drug-likeness (QED) is 0.632. The normalized spacial score (nSPS) is 18.7. The lowest BCUT2D eigenvalue weighted by Gasteiger charge is -2.39. The monoisotopic (exact) mass is 189 g/mol. The first-order valence-corrected chi connectivity index (χ1v) is 4.30. The lowest BCUT2D eigenvalue weighted by atomic mass is 10.0. The van der Waals surface area contributed by atoms with E-state index in [9.17, 15) is 4.79 Å². The van der Waals surface area contributed by atoms with Crippen LogP contribution in [0.1, 0.15) is 13.3 Å². The average molecular weight is 189 g/mol. The molecule has 1 aliphatic heterocycles. The van der Waals surface area contributed by atoms with Gasteiger partial charge in [-0.3, -0.25) is 4.90 Å². The summed E-state index contributed by atoms with van der Waals surface area (Å²) < 4.78 is 4.81. The van der Waals surface area contributed by atoms with Crippen LogP contribution >= 0.6 is 0 Å². The Kier molecular flexibility index (Phi) is 3.11. The number of rotatable bonds is 3. The van der Waals surface area contributed by atoms with Crippen LogP contribution < -0.4 is 0 Å². The lowest BCUT2D eigenvalue weighted by molar-refractivity contribution is -0.0232. The number of hydrogen-bond donors (Lipinski definition) is 2. The minimum Gasteiger partial charge on any atom is -0.449 e. The molecule has 5 heteroatoms. The molecule has 1 amide bonds. The molecule has 1 heterocycles. The largest absolute Gasteiger partial charge is 0.449 e. The van der Waals surface area contributed by atoms with Crippen LogP contribution in [0.5, 0.6) is 0 Å². The van der Waals surface area contributed by atoms with Crippen LogP contribution in [0.15, 0.2) is 0 Å². The van der Waals surface area contributed by atoms with Crippen molar-refractivity contribution in [3.8, 4) is 0 Å². The van der Waals surface area contributed by atoms with E-state index in [1.807, 2.05) is 0 Å². The molecule has 0 unspecified atom stereocenters. The molecule has 2 N–H and O–H groups in total. The van der Waals surface area contributed by atoms with Gasteiger partial charge in [0, 0.05) is 6.54 Å². The molecule has 1 fully saturated rings. The first kappa shape index (κ1) is 10.3. The predicted molar refractivity (Wildman–Crippen MR) is 45.2 cm³/mol. The van der Waals surface area contributed by atoms with Gasteiger partial charge in [-0.25, -0.2) is 4.79 Å². The molecule has 0 aromatic carbocycles. The van der Waals surface area contributed by atoms with Gasteiger partial charge in [0.05, 0.1) is 25.4 Å². The van der Waals surface area contributed by atoms with Gasteiger partial charge >= 0.3 is 6.09 Å². The van der Waals surface area contributed by atoms with Crippen molar-refractivity contribution in [1.29, 1.82) is 0 Å². The van der Waals surface area contributed by atoms with Crippen LogP contribution in [0.4, 0.5) is 4.79 Å². The van der Waals surface area contributed by atoms with E-state index in [0.29, 0.717) is 13.2 Å². The van der Waals surface area contributed by atoms with Crippen molar-refractivity contribution in [3.05, 3.63) is 0 Å². The molecule has 0 aliphatic carbocycles. The number of hydrogen-bond acceptors (Lipinski definition) is 4. The zero-order valence-electron chi connectivity index (χ0n) is 7.69. The molecule has 0 atom stereocenters. The van der Waals surface area contributed by atoms with Crippen molar-refractivity contribution in [2.75, 3.05) is 26.4 Å². The van der Waals surface area contributed by atoms with Crippen LogP contribution in [0.2, 0.25) is 0 Å². The second kappa shape index (κ2) is 3.93. The van der Waals surface area contributed by atoms with Crippen LogP contribution in [-0.4, -0.2) is 53.1 Å². The first-order valence-electron chi connectivity index (χ1n) is 4.30. The predicted octanol–water partition coefficient (Wildman–Crippen LogP) is -0.428. The fourth-order valence-corrected chi connectivity index (χ4v) is 1.26. The first-order chi connectivity index (χ1) is 6.14. The van der Waals surface area contributed by atoms with Crippen molar-refractivity contribution in [1.82, 2.24) is 4.90 Å². The average Bonchev–Trinajstić information content (AvgIpc) is 2.17. The Morgan fingerprint density at radius 3 is 2.62 bits per heavy atom. The maximum Gasteiger partial charge on any atom is 0.410 e. The van der Waals surface area contributed by atoms with Gasteiger partial charge in [-0.2, -0.15) is 0 Å². The summed E-state index contributed by atoms with van der Waals surface area (Å²) in [5.74, 6) is 0. The molecular weight excluding hydrogens is 174 g/mol. The van der Waals surface area contributed by atoms with Gasteiger partial charge in [0.1, 0.15) is 0 Å². The molecule has 13 heavy (non-hydrogen) atoms. The fourth-order valence-electron chi connectivity index (χ4n) is 1.26. The molecule has 0 saturated carbocycles. The SMILES string of the molecule is CC(CO)(CO)N1CCCOC1=O. The standard InChI is InChI=1S/C8H15NO4/c1-8(5-10,6-11)9-3-2-4-13-7(9)12/h10-11H,2-6H2,1H3. The van der Waals surface area contributed by atoms with E-state index in [0.717, 1.165) is 6.42 Å². The van der Waals surface area contributed by atoms with Gasteiger partial charge < -0.3 is 14.9 Å². The van der Waals surface area contributed by atoms with Gasteiger partial charge in [-0.1, -0.05) is 0 Å². The molecule has 1 rings (SSSR count). The summed E-state index contributed by atoms with van der Waals surface area (Å²) in [7, 11) is 0. The summed E-state index contributed by atoms with van der Waals surface area (Å²) in [6.07, 6.45) is 0.276. The minimum absolute atomic E-state index is 0.265. The molecule has 0 radical (unpaired) electrons. The summed E-state index contributed by atoms with van der Waals surface area (Å²) in [5, 5.41) is 18.1. The fraction of sp³-hybridized carbons (Fsp3) is 0.875. The van der Waals surface area contributed by atoms with Gasteiger partial charge in [0.2, 0.25) is 0 Å². The second-order valence-electron chi connectivity index (χ2n) is 3.43. The number of nitrogens with zero attached hydrogens (tertiary/aromatic N) is 1. The number of amides is 1. The van der Waals surface area contributed by atoms with Crippen LogP contribution in [0.3, 0.4) is 0 Å². The highest BCUT2D eigenvalue weighted by Crippen LogP contribution is 2.18. The lowest BCUT2D eigenvalue weighted by Crippen LogP contribution is -2.57. The second-order valence-corrected chi connectivity index (χ2v) is 3.43. The van der Waals surface area contributed by atoms with Gasteiger partial charge in [0.15, 0.2) is 0 Å². The zero-order valence-corrected chi connectivity index (χ0v) is 7.69. The molecule has 1 saturated heterocycles. The smallest absolute Gasteiger partial charge is 0.410 e. The number of aliphatic hydroxyl groups is 2. The zero-order chi connectivity index (χ0) is 9.90. The van der Waals surface area contributed by atoms with E-state index in [1.54, 1.807) is 6.92 Å². The highest BCUT2D eigenvalue weighted by Gasteiger charge is 2.36. The van der Waals surface area contributed by atoms with Crippen molar-refractivity contribution in [2.45, 2.75) is 18.9 Å². The molecule has 0 spiro atoms. The topological polar surface area (TPSA) is 70.0 Å². The Labute approximate surface area is 76.9 Å². The number of ether oxygens (including phenoxy) is 1. The Morgan fingerprint density at radius 2 is 2.15 bits per heavy atom. The molecule has 5 nitrogen and oxygen atoms in total. The summed E-state index contributed by atoms with van der Waals surface area (Å²) in [5.41, 5.74) is -0.905. The molecule has 0 aromatic rings. The number of carbonyl (C=O) groups excluding carboxylic acids is 1. The number of carbonyl (C=O) groups is 1. The highest BCUT2D eigenvalue weighted by molar-refractivity contribution is 5.69. The Bertz CT molecular complexity index is 191. The van der Waals surface area contributed by atoms with Crippen LogP contribution in [-0.2, 0) is 4.74 Å². The molecule has 1 aliphatic rings. The van der Waals surface area contributed by atoms with E-state index in [2.05, 4.69) is 0 Å². The minimum atomic E-state index is -0.905. The summed E-state index contributed by atoms with van der Waals surface area (Å²) in [4.78, 5) is 12.6. The van der Waals surface area contributed by atoms with Crippen molar-refractivity contribution in [2.24, 2.45) is 0 Å². The van der Waals surface area contributed by atoms with Crippen molar-refractivity contribution < 1.29 is 19.7 Å². The van der Waals surface area contributed by atoms with Gasteiger partial charge in [-0.15, -0.1) is 0 Å². The maximum atomic E-state index is 11.2. The van der Waals surface area contributed by atoms with E-state index in [1.165, 1.54) is 4.90 Å². The molecular formula is C8H15NO4. The third-order valence-electron chi connectivity index (χ3n) is 2.30. The van der Waals surface area contributed by atoms with Gasteiger partial charge in [-0.05, 0) is 13.3 Å². The Morgan fingerprint density at radius 1 is 1.54 bits per heavy atom. The van der Waals surface area contributed by atoms with Crippen molar-refractivity contribution in [3.63, 3.8) is 0 Å². The van der Waals surface area contributed by atoms with E-state index in [-0.39, 0.29) is 13.2 Å². The molecule has 0 aromatic heterocycles. The highest BCUT2D eigenvalue weighted by atomic mass is 16.6. The maximum absolute atomic E-state index is 11.2. The van der Waals surface area contributed by atoms with Crippen molar-refractivity contribution >= 4 is 6.09 Å². The Hall–Kier alpha value is -0.810.